The number of allylic oxidation sites excluding steroid dienone is 3. The molecule has 0 bridgehead atoms. The molecule has 3 rings (SSSR count). The second kappa shape index (κ2) is 6.05. The highest BCUT2D eigenvalue weighted by Crippen LogP contribution is 2.49. The standard InChI is InChI=1S/C18H19BrN2O2S/c1-4-13-10(19)5-14(24-13)15-9(8-20)17(21)23-12-7-18(2,3)6-11(22)16(12)15/h5,15H,4,6-7,21H2,1-3H3. The number of halogens is 1. The van der Waals surface area contributed by atoms with Gasteiger partial charge in [-0.05, 0) is 33.8 Å². The lowest BCUT2D eigenvalue weighted by molar-refractivity contribution is -0.119. The van der Waals surface area contributed by atoms with Gasteiger partial charge in [-0.2, -0.15) is 5.26 Å². The summed E-state index contributed by atoms with van der Waals surface area (Å²) in [6.07, 6.45) is 2.00. The van der Waals surface area contributed by atoms with Crippen LogP contribution in [0.2, 0.25) is 0 Å². The van der Waals surface area contributed by atoms with Crippen LogP contribution >= 0.6 is 27.3 Å². The molecule has 1 aliphatic carbocycles. The van der Waals surface area contributed by atoms with Gasteiger partial charge in [-0.25, -0.2) is 0 Å². The molecule has 0 saturated heterocycles. The van der Waals surface area contributed by atoms with Crippen molar-refractivity contribution in [3.8, 4) is 6.07 Å². The Morgan fingerprint density at radius 2 is 2.21 bits per heavy atom. The number of thiophene rings is 1. The van der Waals surface area contributed by atoms with Gasteiger partial charge in [-0.15, -0.1) is 11.3 Å². The third-order valence-corrected chi connectivity index (χ3v) is 6.77. The average Bonchev–Trinajstić information content (AvgIpc) is 2.85. The first-order chi connectivity index (χ1) is 11.3. The summed E-state index contributed by atoms with van der Waals surface area (Å²) in [5.74, 6) is 0.382. The van der Waals surface area contributed by atoms with Crippen LogP contribution in [0, 0.1) is 16.7 Å². The molecule has 0 aromatic carbocycles. The maximum Gasteiger partial charge on any atom is 0.205 e. The lowest BCUT2D eigenvalue weighted by Gasteiger charge is -2.36. The molecule has 4 nitrogen and oxygen atoms in total. The van der Waals surface area contributed by atoms with Crippen molar-refractivity contribution >= 4 is 33.0 Å². The molecule has 2 aliphatic rings. The monoisotopic (exact) mass is 406 g/mol. The molecule has 0 saturated carbocycles. The number of rotatable bonds is 2. The van der Waals surface area contributed by atoms with Gasteiger partial charge >= 0.3 is 0 Å². The number of nitriles is 1. The predicted molar refractivity (Wildman–Crippen MR) is 97.1 cm³/mol. The van der Waals surface area contributed by atoms with Crippen LogP contribution in [-0.4, -0.2) is 5.78 Å². The number of carbonyl (C=O) groups excluding carboxylic acids is 1. The summed E-state index contributed by atoms with van der Waals surface area (Å²) in [4.78, 5) is 15.0. The maximum absolute atomic E-state index is 12.8. The summed E-state index contributed by atoms with van der Waals surface area (Å²) in [5, 5.41) is 9.60. The molecular weight excluding hydrogens is 388 g/mol. The quantitative estimate of drug-likeness (QED) is 0.782. The summed E-state index contributed by atoms with van der Waals surface area (Å²) in [6.45, 7) is 6.17. The van der Waals surface area contributed by atoms with Crippen molar-refractivity contribution in [2.75, 3.05) is 0 Å². The first kappa shape index (κ1) is 17.2. The number of carbonyl (C=O) groups is 1. The highest BCUT2D eigenvalue weighted by Gasteiger charge is 2.43. The lowest BCUT2D eigenvalue weighted by atomic mass is 9.71. The lowest BCUT2D eigenvalue weighted by Crippen LogP contribution is -2.33. The van der Waals surface area contributed by atoms with Crippen LogP contribution < -0.4 is 5.73 Å². The second-order valence-corrected chi connectivity index (χ2v) is 9.00. The maximum atomic E-state index is 12.8. The Morgan fingerprint density at radius 1 is 1.50 bits per heavy atom. The fraction of sp³-hybridized carbons (Fsp3) is 0.444. The smallest absolute Gasteiger partial charge is 0.205 e. The van der Waals surface area contributed by atoms with Gasteiger partial charge in [0, 0.05) is 32.6 Å². The minimum absolute atomic E-state index is 0.0501. The van der Waals surface area contributed by atoms with Crippen molar-refractivity contribution < 1.29 is 9.53 Å². The van der Waals surface area contributed by atoms with Gasteiger partial charge in [-0.3, -0.25) is 4.79 Å². The average molecular weight is 407 g/mol. The molecule has 126 valence electrons. The van der Waals surface area contributed by atoms with Gasteiger partial charge in [0.1, 0.15) is 17.4 Å². The molecule has 0 fully saturated rings. The number of hydrogen-bond donors (Lipinski definition) is 1. The van der Waals surface area contributed by atoms with Gasteiger partial charge in [-0.1, -0.05) is 20.8 Å². The summed E-state index contributed by atoms with van der Waals surface area (Å²) < 4.78 is 6.71. The van der Waals surface area contributed by atoms with Crippen molar-refractivity contribution in [1.82, 2.24) is 0 Å². The highest BCUT2D eigenvalue weighted by atomic mass is 79.9. The zero-order valence-corrected chi connectivity index (χ0v) is 16.3. The van der Waals surface area contributed by atoms with Crippen LogP contribution in [0.5, 0.6) is 0 Å². The number of nitrogens with zero attached hydrogens (tertiary/aromatic N) is 1. The zero-order chi connectivity index (χ0) is 17.6. The SMILES string of the molecule is CCc1sc(C2C(C#N)=C(N)OC3=C2C(=O)CC(C)(C)C3)cc1Br. The summed E-state index contributed by atoms with van der Waals surface area (Å²) in [6, 6.07) is 4.16. The Morgan fingerprint density at radius 3 is 2.79 bits per heavy atom. The molecule has 1 aliphatic heterocycles. The second-order valence-electron chi connectivity index (χ2n) is 6.98. The van der Waals surface area contributed by atoms with Crippen LogP contribution in [0.25, 0.3) is 0 Å². The van der Waals surface area contributed by atoms with E-state index in [2.05, 4.69) is 28.9 Å². The molecule has 2 N–H and O–H groups in total. The Hall–Kier alpha value is -1.58. The molecule has 1 unspecified atom stereocenters. The van der Waals surface area contributed by atoms with Crippen molar-refractivity contribution in [1.29, 1.82) is 5.26 Å². The number of hydrogen-bond acceptors (Lipinski definition) is 5. The molecule has 6 heteroatoms. The van der Waals surface area contributed by atoms with E-state index in [-0.39, 0.29) is 17.1 Å². The van der Waals surface area contributed by atoms with Crippen molar-refractivity contribution in [2.45, 2.75) is 46.0 Å². The van der Waals surface area contributed by atoms with Crippen LogP contribution in [0.15, 0.2) is 33.3 Å². The Labute approximate surface area is 154 Å². The van der Waals surface area contributed by atoms with Crippen LogP contribution in [0.1, 0.15) is 49.3 Å². The number of ether oxygens (including phenoxy) is 1. The molecule has 1 aromatic heterocycles. The molecule has 0 radical (unpaired) electrons. The summed E-state index contributed by atoms with van der Waals surface area (Å²) >= 11 is 5.19. The van der Waals surface area contributed by atoms with Crippen molar-refractivity contribution in [3.63, 3.8) is 0 Å². The number of aryl methyl sites for hydroxylation is 1. The largest absolute Gasteiger partial charge is 0.444 e. The molecule has 1 atom stereocenters. The zero-order valence-electron chi connectivity index (χ0n) is 13.9. The van der Waals surface area contributed by atoms with E-state index in [4.69, 9.17) is 10.5 Å². The van der Waals surface area contributed by atoms with Crippen molar-refractivity contribution in [3.05, 3.63) is 43.1 Å². The van der Waals surface area contributed by atoms with Gasteiger partial charge in [0.15, 0.2) is 5.78 Å². The fourth-order valence-corrected chi connectivity index (χ4v) is 5.42. The van der Waals surface area contributed by atoms with E-state index in [0.717, 1.165) is 15.8 Å². The van der Waals surface area contributed by atoms with E-state index >= 15 is 0 Å². The predicted octanol–water partition coefficient (Wildman–Crippen LogP) is 4.52. The van der Waals surface area contributed by atoms with E-state index in [0.29, 0.717) is 29.7 Å². The highest BCUT2D eigenvalue weighted by molar-refractivity contribution is 9.10. The number of nitrogens with two attached hydrogens (primary N) is 1. The molecule has 2 heterocycles. The minimum atomic E-state index is -0.413. The third-order valence-electron chi connectivity index (χ3n) is 4.46. The fourth-order valence-electron chi connectivity index (χ4n) is 3.38. The Bertz CT molecular complexity index is 827. The van der Waals surface area contributed by atoms with E-state index in [1.54, 1.807) is 11.3 Å². The first-order valence-corrected chi connectivity index (χ1v) is 9.50. The first-order valence-electron chi connectivity index (χ1n) is 7.89. The third kappa shape index (κ3) is 2.80. The molecule has 1 aromatic rings. The molecular formula is C18H19BrN2O2S. The van der Waals surface area contributed by atoms with E-state index < -0.39 is 5.92 Å². The Kier molecular flexibility index (Phi) is 4.35. The van der Waals surface area contributed by atoms with Gasteiger partial charge in [0.2, 0.25) is 5.88 Å². The van der Waals surface area contributed by atoms with Crippen molar-refractivity contribution in [2.24, 2.45) is 11.1 Å². The Balaban J connectivity index is 2.18. The van der Waals surface area contributed by atoms with Crippen LogP contribution in [0.4, 0.5) is 0 Å². The van der Waals surface area contributed by atoms with Crippen LogP contribution in [-0.2, 0) is 16.0 Å². The van der Waals surface area contributed by atoms with Gasteiger partial charge in [0.05, 0.1) is 5.92 Å². The molecule has 0 spiro atoms. The normalized spacial score (nSPS) is 23.0. The van der Waals surface area contributed by atoms with Gasteiger partial charge < -0.3 is 10.5 Å². The summed E-state index contributed by atoms with van der Waals surface area (Å²) in [5.41, 5.74) is 6.80. The van der Waals surface area contributed by atoms with E-state index in [1.807, 2.05) is 19.9 Å². The topological polar surface area (TPSA) is 76.1 Å². The summed E-state index contributed by atoms with van der Waals surface area (Å²) in [7, 11) is 0. The van der Waals surface area contributed by atoms with Gasteiger partial charge in [0.25, 0.3) is 0 Å². The number of ketones is 1. The van der Waals surface area contributed by atoms with Crippen LogP contribution in [0.3, 0.4) is 0 Å². The minimum Gasteiger partial charge on any atom is -0.444 e. The molecule has 0 amide bonds. The van der Waals surface area contributed by atoms with E-state index in [1.165, 1.54) is 4.88 Å². The number of Topliss-reactive ketones (excluding diaryl/α,β-unsaturated/α-hetero) is 1. The molecule has 24 heavy (non-hydrogen) atoms. The van der Waals surface area contributed by atoms with E-state index in [9.17, 15) is 10.1 Å².